The molecule has 0 spiro atoms. The van der Waals surface area contributed by atoms with Crippen molar-refractivity contribution in [3.8, 4) is 22.3 Å². The molecule has 2 N–H and O–H groups in total. The Balaban J connectivity index is 1.61. The molecule has 10 heteroatoms. The van der Waals surface area contributed by atoms with Crippen LogP contribution in [0.3, 0.4) is 0 Å². The summed E-state index contributed by atoms with van der Waals surface area (Å²) in [7, 11) is -4.26. The van der Waals surface area contributed by atoms with Gasteiger partial charge in [-0.1, -0.05) is 41.4 Å². The van der Waals surface area contributed by atoms with Crippen molar-refractivity contribution in [1.82, 2.24) is 9.97 Å². The van der Waals surface area contributed by atoms with E-state index < -0.39 is 10.1 Å². The lowest BCUT2D eigenvalue weighted by Gasteiger charge is -2.11. The van der Waals surface area contributed by atoms with Crippen molar-refractivity contribution in [3.63, 3.8) is 0 Å². The molecule has 0 amide bonds. The Kier molecular flexibility index (Phi) is 6.00. The summed E-state index contributed by atoms with van der Waals surface area (Å²) in [6.45, 7) is 0. The van der Waals surface area contributed by atoms with Gasteiger partial charge in [-0.25, -0.2) is 5.26 Å². The van der Waals surface area contributed by atoms with Crippen molar-refractivity contribution in [2.45, 2.75) is 9.79 Å². The summed E-state index contributed by atoms with van der Waals surface area (Å²) in [5, 5.41) is 13.7. The predicted molar refractivity (Wildman–Crippen MR) is 128 cm³/mol. The number of hydrogen-bond donors (Lipinski definition) is 2. The highest BCUT2D eigenvalue weighted by atomic mass is 32.2. The van der Waals surface area contributed by atoms with Gasteiger partial charge in [-0.2, -0.15) is 8.42 Å². The minimum absolute atomic E-state index is 0.161. The van der Waals surface area contributed by atoms with Gasteiger partial charge in [-0.15, -0.1) is 4.33 Å². The maximum absolute atomic E-state index is 11.4. The first-order valence-electron chi connectivity index (χ1n) is 9.95. The number of benzene rings is 3. The molecule has 5 aromatic rings. The molecule has 0 radical (unpaired) electrons. The van der Waals surface area contributed by atoms with Gasteiger partial charge in [-0.3, -0.25) is 14.5 Å². The summed E-state index contributed by atoms with van der Waals surface area (Å²) < 4.78 is 36.4. The zero-order chi connectivity index (χ0) is 23.7. The van der Waals surface area contributed by atoms with Crippen LogP contribution in [-0.4, -0.2) is 28.2 Å². The van der Waals surface area contributed by atoms with Crippen LogP contribution < -0.4 is 0 Å². The smallest absolute Gasteiger partial charge is 0.282 e. The minimum Gasteiger partial charge on any atom is -0.282 e. The SMILES string of the molecule is O=S(=O)(O)c1ccc(-c2ccnc3c2ccc2c(-c4ccc(SOOO)cc4)ccnc23)cc1. The lowest BCUT2D eigenvalue weighted by Crippen LogP contribution is -1.97. The molecule has 170 valence electrons. The number of hydrogen-bond acceptors (Lipinski definition) is 8. The monoisotopic (exact) mass is 492 g/mol. The number of pyridine rings is 2. The molecule has 5 rings (SSSR count). The highest BCUT2D eigenvalue weighted by Gasteiger charge is 2.14. The van der Waals surface area contributed by atoms with E-state index in [0.717, 1.165) is 61.0 Å². The first-order valence-corrected chi connectivity index (χ1v) is 12.1. The van der Waals surface area contributed by atoms with Crippen LogP contribution in [-0.2, 0) is 19.5 Å². The molecule has 0 saturated heterocycles. The Hall–Kier alpha value is -3.38. The third-order valence-corrected chi connectivity index (χ3v) is 6.87. The zero-order valence-corrected chi connectivity index (χ0v) is 19.0. The third-order valence-electron chi connectivity index (χ3n) is 5.41. The van der Waals surface area contributed by atoms with E-state index in [1.807, 2.05) is 48.5 Å². The lowest BCUT2D eigenvalue weighted by atomic mass is 9.96. The second-order valence-electron chi connectivity index (χ2n) is 7.32. The third kappa shape index (κ3) is 4.26. The van der Waals surface area contributed by atoms with Gasteiger partial charge in [0, 0.05) is 28.1 Å². The topological polar surface area (TPSA) is 119 Å². The molecule has 34 heavy (non-hydrogen) atoms. The predicted octanol–water partition coefficient (Wildman–Crippen LogP) is 5.79. The van der Waals surface area contributed by atoms with Crippen LogP contribution in [0.25, 0.3) is 44.1 Å². The molecule has 2 aromatic heterocycles. The Morgan fingerprint density at radius 1 is 0.706 bits per heavy atom. The summed E-state index contributed by atoms with van der Waals surface area (Å²) in [6, 6.07) is 21.3. The average molecular weight is 493 g/mol. The molecule has 0 unspecified atom stereocenters. The first kappa shape index (κ1) is 22.4. The molecule has 3 aromatic carbocycles. The van der Waals surface area contributed by atoms with E-state index >= 15 is 0 Å². The van der Waals surface area contributed by atoms with E-state index in [2.05, 4.69) is 19.3 Å². The van der Waals surface area contributed by atoms with Crippen LogP contribution in [0.1, 0.15) is 0 Å². The quantitative estimate of drug-likeness (QED) is 0.0997. The van der Waals surface area contributed by atoms with Crippen LogP contribution >= 0.6 is 12.0 Å². The standard InChI is InChI=1S/C24H16N2O6S2/c27-31-32-33-17-5-1-15(2-6-17)19-11-13-25-23-21(19)9-10-22-20(12-14-26-24(22)23)16-3-7-18(8-4-16)34(28,29)30/h1-14,27H,(H,28,29,30). The number of nitrogens with zero attached hydrogens (tertiary/aromatic N) is 2. The molecule has 0 aliphatic heterocycles. The van der Waals surface area contributed by atoms with Crippen molar-refractivity contribution >= 4 is 44.0 Å². The summed E-state index contributed by atoms with van der Waals surface area (Å²) in [5.41, 5.74) is 5.06. The highest BCUT2D eigenvalue weighted by Crippen LogP contribution is 2.35. The van der Waals surface area contributed by atoms with E-state index in [1.54, 1.807) is 24.5 Å². The van der Waals surface area contributed by atoms with E-state index in [-0.39, 0.29) is 4.90 Å². The Morgan fingerprint density at radius 3 is 1.68 bits per heavy atom. The lowest BCUT2D eigenvalue weighted by molar-refractivity contribution is -0.432. The molecule has 0 atom stereocenters. The second kappa shape index (κ2) is 9.11. The fourth-order valence-electron chi connectivity index (χ4n) is 3.88. The normalized spacial score (nSPS) is 11.8. The number of fused-ring (bicyclic) bond motifs is 3. The Morgan fingerprint density at radius 2 is 1.21 bits per heavy atom. The van der Waals surface area contributed by atoms with Crippen LogP contribution in [0.5, 0.6) is 0 Å². The molecule has 8 nitrogen and oxygen atoms in total. The van der Waals surface area contributed by atoms with Crippen molar-refractivity contribution in [2.75, 3.05) is 0 Å². The van der Waals surface area contributed by atoms with Gasteiger partial charge < -0.3 is 0 Å². The van der Waals surface area contributed by atoms with Crippen molar-refractivity contribution in [1.29, 1.82) is 0 Å². The summed E-state index contributed by atoms with van der Waals surface area (Å²) in [6.07, 6.45) is 3.43. The molecule has 0 fully saturated rings. The van der Waals surface area contributed by atoms with Gasteiger partial charge in [0.25, 0.3) is 10.1 Å². The zero-order valence-electron chi connectivity index (χ0n) is 17.3. The van der Waals surface area contributed by atoms with Crippen molar-refractivity contribution in [3.05, 3.63) is 85.2 Å². The van der Waals surface area contributed by atoms with Gasteiger partial charge in [0.2, 0.25) is 0 Å². The molecule has 2 heterocycles. The summed E-state index contributed by atoms with van der Waals surface area (Å²) in [4.78, 5) is 9.77. The van der Waals surface area contributed by atoms with Crippen molar-refractivity contribution < 1.29 is 27.6 Å². The number of rotatable bonds is 6. The van der Waals surface area contributed by atoms with E-state index in [0.29, 0.717) is 0 Å². The molecule has 0 bridgehead atoms. The maximum atomic E-state index is 11.4. The summed E-state index contributed by atoms with van der Waals surface area (Å²) >= 11 is 0.890. The van der Waals surface area contributed by atoms with Crippen molar-refractivity contribution in [2.24, 2.45) is 0 Å². The van der Waals surface area contributed by atoms with Gasteiger partial charge in [0.05, 0.1) is 28.0 Å². The first-order chi connectivity index (χ1) is 16.5. The van der Waals surface area contributed by atoms with E-state index in [1.165, 1.54) is 12.1 Å². The highest BCUT2D eigenvalue weighted by molar-refractivity contribution is 7.94. The van der Waals surface area contributed by atoms with Gasteiger partial charge >= 0.3 is 0 Å². The molecule has 0 saturated carbocycles. The second-order valence-corrected chi connectivity index (χ2v) is 9.52. The van der Waals surface area contributed by atoms with Crippen LogP contribution in [0.2, 0.25) is 0 Å². The minimum atomic E-state index is -4.26. The van der Waals surface area contributed by atoms with Crippen LogP contribution in [0, 0.1) is 0 Å². The largest absolute Gasteiger partial charge is 0.294 e. The van der Waals surface area contributed by atoms with Crippen LogP contribution in [0.4, 0.5) is 0 Å². The summed E-state index contributed by atoms with van der Waals surface area (Å²) in [5.74, 6) is 0. The Bertz CT molecular complexity index is 1610. The maximum Gasteiger partial charge on any atom is 0.294 e. The molecule has 0 aliphatic carbocycles. The van der Waals surface area contributed by atoms with Crippen LogP contribution in [0.15, 0.2) is 95.0 Å². The number of aromatic nitrogens is 2. The fourth-order valence-corrected chi connectivity index (χ4v) is 4.72. The fraction of sp³-hybridized carbons (Fsp3) is 0. The van der Waals surface area contributed by atoms with Gasteiger partial charge in [0.1, 0.15) is 0 Å². The van der Waals surface area contributed by atoms with E-state index in [9.17, 15) is 13.0 Å². The molecular formula is C24H16N2O6S2. The molecule has 0 aliphatic rings. The molecular weight excluding hydrogens is 476 g/mol. The van der Waals surface area contributed by atoms with E-state index in [4.69, 9.17) is 5.26 Å². The van der Waals surface area contributed by atoms with Gasteiger partial charge in [0.15, 0.2) is 0 Å². The average Bonchev–Trinajstić information content (AvgIpc) is 2.86. The Labute approximate surface area is 198 Å². The van der Waals surface area contributed by atoms with Gasteiger partial charge in [-0.05, 0) is 58.7 Å².